The fourth-order valence-electron chi connectivity index (χ4n) is 8.90. The molecule has 3 aliphatic rings. The largest absolute Gasteiger partial charge is 0.369 e. The van der Waals surface area contributed by atoms with Crippen LogP contribution in [0.25, 0.3) is 0 Å². The molecule has 0 radical (unpaired) electrons. The van der Waals surface area contributed by atoms with E-state index in [0.717, 1.165) is 83.5 Å². The van der Waals surface area contributed by atoms with E-state index >= 15 is 0 Å². The lowest BCUT2D eigenvalue weighted by molar-refractivity contribution is -0.138. The predicted molar refractivity (Wildman–Crippen MR) is 193 cm³/mol. The van der Waals surface area contributed by atoms with Crippen molar-refractivity contribution in [2.24, 2.45) is 16.9 Å². The summed E-state index contributed by atoms with van der Waals surface area (Å²) in [4.78, 5) is 30.2. The summed E-state index contributed by atoms with van der Waals surface area (Å²) in [6.45, 7) is 6.87. The normalized spacial score (nSPS) is 23.0. The van der Waals surface area contributed by atoms with Crippen molar-refractivity contribution >= 4 is 5.91 Å². The molecule has 3 aromatic rings. The minimum Gasteiger partial charge on any atom is -0.369 e. The molecule has 3 heterocycles. The van der Waals surface area contributed by atoms with Crippen LogP contribution in [0.15, 0.2) is 73.2 Å². The molecule has 1 saturated heterocycles. The van der Waals surface area contributed by atoms with Gasteiger partial charge in [0.25, 0.3) is 0 Å². The average molecular weight is 688 g/mol. The van der Waals surface area contributed by atoms with Crippen LogP contribution in [0.1, 0.15) is 92.1 Å². The third-order valence-electron chi connectivity index (χ3n) is 11.7. The number of rotatable bonds is 15. The number of halogens is 2. The van der Waals surface area contributed by atoms with Crippen LogP contribution in [-0.2, 0) is 17.8 Å². The molecule has 10 heteroatoms. The Balaban J connectivity index is 1.24. The van der Waals surface area contributed by atoms with Crippen molar-refractivity contribution in [3.8, 4) is 0 Å². The van der Waals surface area contributed by atoms with Gasteiger partial charge in [-0.15, -0.1) is 0 Å². The van der Waals surface area contributed by atoms with Crippen molar-refractivity contribution in [1.29, 1.82) is 0 Å². The summed E-state index contributed by atoms with van der Waals surface area (Å²) in [6.07, 6.45) is 11.4. The summed E-state index contributed by atoms with van der Waals surface area (Å²) in [7, 11) is 0. The van der Waals surface area contributed by atoms with E-state index in [-0.39, 0.29) is 43.7 Å². The lowest BCUT2D eigenvalue weighted by atomic mass is 9.61. The Bertz CT molecular complexity index is 1500. The number of alkyl halides is 2. The van der Waals surface area contributed by atoms with E-state index in [9.17, 15) is 13.6 Å². The van der Waals surface area contributed by atoms with Crippen molar-refractivity contribution in [3.05, 3.63) is 95.6 Å². The number of pyridine rings is 2. The molecule has 1 aromatic carbocycles. The van der Waals surface area contributed by atoms with Crippen molar-refractivity contribution in [2.45, 2.75) is 94.7 Å². The van der Waals surface area contributed by atoms with Crippen LogP contribution in [-0.4, -0.2) is 88.4 Å². The topological polar surface area (TPSA) is 105 Å². The zero-order valence-electron chi connectivity index (χ0n) is 29.4. The van der Waals surface area contributed by atoms with E-state index in [1.165, 1.54) is 16.8 Å². The molecule has 0 spiro atoms. The summed E-state index contributed by atoms with van der Waals surface area (Å²) >= 11 is 0. The first-order valence-corrected chi connectivity index (χ1v) is 18.7. The van der Waals surface area contributed by atoms with Crippen molar-refractivity contribution in [1.82, 2.24) is 24.7 Å². The molecule has 2 aliphatic carbocycles. The number of fused-ring (bicyclic) bond motifs is 1. The van der Waals surface area contributed by atoms with Crippen LogP contribution < -0.4 is 11.5 Å². The number of carbonyl (C=O) groups is 1. The lowest BCUT2D eigenvalue weighted by Crippen LogP contribution is -2.57. The second-order valence-corrected chi connectivity index (χ2v) is 14.9. The molecule has 50 heavy (non-hydrogen) atoms. The Morgan fingerprint density at radius 3 is 2.50 bits per heavy atom. The highest BCUT2D eigenvalue weighted by Crippen LogP contribution is 2.52. The molecular formula is C40H55F2N7O. The number of hydrogen-bond donors (Lipinski definition) is 2. The molecule has 2 fully saturated rings. The number of hydrogen-bond acceptors (Lipinski definition) is 7. The van der Waals surface area contributed by atoms with Gasteiger partial charge in [0.2, 0.25) is 11.8 Å². The van der Waals surface area contributed by atoms with E-state index in [4.69, 9.17) is 16.5 Å². The van der Waals surface area contributed by atoms with Gasteiger partial charge in [-0.1, -0.05) is 36.4 Å². The van der Waals surface area contributed by atoms with E-state index in [1.54, 1.807) is 0 Å². The summed E-state index contributed by atoms with van der Waals surface area (Å²) in [6, 6.07) is 19.0. The molecule has 2 aromatic heterocycles. The molecule has 4 N–H and O–H groups in total. The smallest absolute Gasteiger partial charge is 0.248 e. The Hall–Kier alpha value is -3.31. The fourth-order valence-corrected chi connectivity index (χ4v) is 8.90. The SMILES string of the molecule is NCCCCN(C[C@H]1CN(CC[C@@H](c2ccccc2)C2(C(N)=O)CCC(F)(F)CC2)CCN1Cc1ccncc1)[C@H]1CCCc2cccnc21. The first-order valence-electron chi connectivity index (χ1n) is 18.7. The Morgan fingerprint density at radius 2 is 1.76 bits per heavy atom. The van der Waals surface area contributed by atoms with E-state index in [0.29, 0.717) is 13.0 Å². The van der Waals surface area contributed by atoms with Crippen LogP contribution in [0.3, 0.4) is 0 Å². The summed E-state index contributed by atoms with van der Waals surface area (Å²) in [5.41, 5.74) is 16.0. The zero-order chi connectivity index (χ0) is 35.0. The molecule has 1 aliphatic heterocycles. The van der Waals surface area contributed by atoms with Gasteiger partial charge in [-0.05, 0) is 112 Å². The quantitative estimate of drug-likeness (QED) is 0.191. The molecule has 270 valence electrons. The average Bonchev–Trinajstić information content (AvgIpc) is 3.13. The molecule has 1 saturated carbocycles. The van der Waals surface area contributed by atoms with Gasteiger partial charge in [0, 0.05) is 70.2 Å². The number of aryl methyl sites for hydroxylation is 1. The molecule has 6 rings (SSSR count). The number of benzene rings is 1. The number of aromatic nitrogens is 2. The number of nitrogens with zero attached hydrogens (tertiary/aromatic N) is 5. The van der Waals surface area contributed by atoms with Gasteiger partial charge in [-0.25, -0.2) is 8.78 Å². The summed E-state index contributed by atoms with van der Waals surface area (Å²) in [5.74, 6) is -3.41. The van der Waals surface area contributed by atoms with Gasteiger partial charge in [0.05, 0.1) is 17.2 Å². The second kappa shape index (κ2) is 16.8. The number of amides is 1. The lowest BCUT2D eigenvalue weighted by Gasteiger charge is -2.47. The van der Waals surface area contributed by atoms with Crippen LogP contribution >= 0.6 is 0 Å². The standard InChI is InChI=1S/C40H55F2N7O/c41-40(42)18-16-39(17-19-40,38(44)50)35(32-8-2-1-3-9-32)15-25-47-26-27-48(28-31-13-22-45-23-14-31)34(29-47)30-49(24-5-4-20-43)36-12-6-10-33-11-7-21-46-37(33)36/h1-3,7-9,11,13-14,21-23,34-36H,4-6,10,12,15-20,24-30,43H2,(H2,44,50)/t34-,35+,36+/m1/s1. The number of piperazine rings is 1. The number of primary amides is 1. The van der Waals surface area contributed by atoms with Gasteiger partial charge >= 0.3 is 0 Å². The summed E-state index contributed by atoms with van der Waals surface area (Å²) in [5, 5.41) is 0. The number of carbonyl (C=O) groups excluding carboxylic acids is 1. The Morgan fingerprint density at radius 1 is 0.980 bits per heavy atom. The monoisotopic (exact) mass is 687 g/mol. The maximum atomic E-state index is 14.4. The Labute approximate surface area is 296 Å². The van der Waals surface area contributed by atoms with Crippen LogP contribution in [0.5, 0.6) is 0 Å². The fraction of sp³-hybridized carbons (Fsp3) is 0.575. The maximum absolute atomic E-state index is 14.4. The highest BCUT2D eigenvalue weighted by molar-refractivity contribution is 5.82. The van der Waals surface area contributed by atoms with E-state index in [2.05, 4.69) is 43.9 Å². The van der Waals surface area contributed by atoms with Crippen LogP contribution in [0.2, 0.25) is 0 Å². The second-order valence-electron chi connectivity index (χ2n) is 14.9. The minimum absolute atomic E-state index is 0.117. The highest BCUT2D eigenvalue weighted by atomic mass is 19.3. The first kappa shape index (κ1) is 36.5. The third kappa shape index (κ3) is 8.76. The molecule has 0 unspecified atom stereocenters. The van der Waals surface area contributed by atoms with Crippen molar-refractivity contribution in [2.75, 3.05) is 45.8 Å². The van der Waals surface area contributed by atoms with E-state index < -0.39 is 17.2 Å². The number of nitrogens with two attached hydrogens (primary N) is 2. The maximum Gasteiger partial charge on any atom is 0.248 e. The minimum atomic E-state index is -2.75. The first-order chi connectivity index (χ1) is 24.3. The molecule has 1 amide bonds. The van der Waals surface area contributed by atoms with Gasteiger partial charge in [0.15, 0.2) is 0 Å². The molecular weight excluding hydrogens is 632 g/mol. The molecule has 0 bridgehead atoms. The van der Waals surface area contributed by atoms with Crippen molar-refractivity contribution in [3.63, 3.8) is 0 Å². The van der Waals surface area contributed by atoms with Gasteiger partial charge in [-0.2, -0.15) is 0 Å². The van der Waals surface area contributed by atoms with Gasteiger partial charge in [0.1, 0.15) is 0 Å². The van der Waals surface area contributed by atoms with Gasteiger partial charge in [-0.3, -0.25) is 24.6 Å². The Kier molecular flexibility index (Phi) is 12.3. The van der Waals surface area contributed by atoms with Crippen LogP contribution in [0.4, 0.5) is 8.78 Å². The van der Waals surface area contributed by atoms with E-state index in [1.807, 2.05) is 48.9 Å². The number of unbranched alkanes of at least 4 members (excludes halogenated alkanes) is 1. The highest BCUT2D eigenvalue weighted by Gasteiger charge is 2.51. The third-order valence-corrected chi connectivity index (χ3v) is 11.7. The van der Waals surface area contributed by atoms with Gasteiger partial charge < -0.3 is 16.4 Å². The molecule has 3 atom stereocenters. The predicted octanol–water partition coefficient (Wildman–Crippen LogP) is 5.94. The zero-order valence-corrected chi connectivity index (χ0v) is 29.4. The molecule has 8 nitrogen and oxygen atoms in total. The summed E-state index contributed by atoms with van der Waals surface area (Å²) < 4.78 is 28.9. The van der Waals surface area contributed by atoms with Crippen molar-refractivity contribution < 1.29 is 13.6 Å². The van der Waals surface area contributed by atoms with Crippen LogP contribution in [0, 0.1) is 5.41 Å².